The van der Waals surface area contributed by atoms with Crippen molar-refractivity contribution < 1.29 is 24.2 Å². The predicted octanol–water partition coefficient (Wildman–Crippen LogP) is 3.89. The molecule has 4 aliphatic heterocycles. The number of unbranched alkanes of at least 4 members (excludes halogenated alkanes) is 2. The van der Waals surface area contributed by atoms with Gasteiger partial charge in [-0.25, -0.2) is 0 Å². The highest BCUT2D eigenvalue weighted by atomic mass is 32.2. The Bertz CT molecular complexity index is 1120. The number of hydrogen-bond acceptors (Lipinski definition) is 6. The molecule has 0 aliphatic carbocycles. The number of nitrogens with zero attached hydrogens (tertiary/aromatic N) is 2. The summed E-state index contributed by atoms with van der Waals surface area (Å²) in [6.07, 6.45) is 12.6. The molecule has 1 spiro atoms. The lowest BCUT2D eigenvalue weighted by Gasteiger charge is -2.40. The minimum Gasteiger partial charge on any atom is -0.465 e. The fourth-order valence-corrected chi connectivity index (χ4v) is 8.88. The van der Waals surface area contributed by atoms with Crippen molar-refractivity contribution in [3.05, 3.63) is 60.2 Å². The molecular formula is C30H38N2O5S. The van der Waals surface area contributed by atoms with Crippen LogP contribution in [0.5, 0.6) is 0 Å². The third-order valence-electron chi connectivity index (χ3n) is 8.50. The van der Waals surface area contributed by atoms with E-state index in [2.05, 4.69) is 19.1 Å². The highest BCUT2D eigenvalue weighted by molar-refractivity contribution is 8.02. The molecule has 0 aromatic heterocycles. The average Bonchev–Trinajstić information content (AvgIpc) is 3.26. The highest BCUT2D eigenvalue weighted by Gasteiger charge is 2.74. The van der Waals surface area contributed by atoms with Gasteiger partial charge in [-0.1, -0.05) is 74.4 Å². The second-order valence-electron chi connectivity index (χ2n) is 11.0. The number of aliphatic hydroxyl groups is 1. The van der Waals surface area contributed by atoms with Crippen LogP contribution in [0.15, 0.2) is 54.6 Å². The number of rotatable bonds is 7. The molecule has 38 heavy (non-hydrogen) atoms. The van der Waals surface area contributed by atoms with E-state index < -0.39 is 33.4 Å². The van der Waals surface area contributed by atoms with Crippen LogP contribution in [0.4, 0.5) is 0 Å². The molecule has 1 N–H and O–H groups in total. The van der Waals surface area contributed by atoms with Crippen LogP contribution in [0.3, 0.4) is 0 Å². The Labute approximate surface area is 229 Å². The lowest BCUT2D eigenvalue weighted by atomic mass is 9.74. The standard InChI is InChI=1S/C30H38N2O5S/c1-3-4-10-17-31-18-12-16-30-23(24-28(36)37-19-11-6-9-15-29(24,2)38-30)26(34)32(25(30)27(31)35)22(20-33)21-13-7-5-8-14-21/h5,7-9,12-16,22-25,33H,3-4,6,10-11,17-20H2,1-2H3/b15-9-/t22-,23+,24-,25?,29+,30+/m1/s1. The molecule has 1 unspecified atom stereocenters. The van der Waals surface area contributed by atoms with Crippen molar-refractivity contribution in [3.8, 4) is 0 Å². The van der Waals surface area contributed by atoms with Crippen LogP contribution in [0.25, 0.3) is 0 Å². The van der Waals surface area contributed by atoms with Gasteiger partial charge >= 0.3 is 5.97 Å². The van der Waals surface area contributed by atoms with Gasteiger partial charge in [0.1, 0.15) is 6.04 Å². The van der Waals surface area contributed by atoms with Crippen LogP contribution in [0, 0.1) is 11.8 Å². The van der Waals surface area contributed by atoms with Crippen molar-refractivity contribution in [2.75, 3.05) is 26.3 Å². The van der Waals surface area contributed by atoms with Gasteiger partial charge in [0.05, 0.1) is 35.8 Å². The molecule has 5 rings (SSSR count). The van der Waals surface area contributed by atoms with E-state index in [0.717, 1.165) is 37.7 Å². The summed E-state index contributed by atoms with van der Waals surface area (Å²) in [5, 5.41) is 10.6. The summed E-state index contributed by atoms with van der Waals surface area (Å²) in [6, 6.07) is 7.84. The molecule has 2 saturated heterocycles. The number of likely N-dealkylation sites (tertiary alicyclic amines) is 1. The molecule has 2 amide bonds. The van der Waals surface area contributed by atoms with Crippen LogP contribution < -0.4 is 0 Å². The van der Waals surface area contributed by atoms with E-state index in [1.54, 1.807) is 16.7 Å². The quantitative estimate of drug-likeness (QED) is 0.322. The normalized spacial score (nSPS) is 34.4. The Hall–Kier alpha value is -2.58. The minimum absolute atomic E-state index is 0.115. The number of allylic oxidation sites excluding steroid dienone is 1. The number of esters is 1. The van der Waals surface area contributed by atoms with Crippen LogP contribution in [0.2, 0.25) is 0 Å². The summed E-state index contributed by atoms with van der Waals surface area (Å²) >= 11 is 1.55. The second kappa shape index (κ2) is 10.9. The zero-order valence-electron chi connectivity index (χ0n) is 22.3. The maximum Gasteiger partial charge on any atom is 0.311 e. The van der Waals surface area contributed by atoms with Crippen molar-refractivity contribution >= 4 is 29.5 Å². The molecular weight excluding hydrogens is 500 g/mol. The summed E-state index contributed by atoms with van der Waals surface area (Å²) in [7, 11) is 0. The fraction of sp³-hybridized carbons (Fsp3) is 0.567. The number of thioether (sulfide) groups is 1. The van der Waals surface area contributed by atoms with Gasteiger partial charge in [-0.2, -0.15) is 0 Å². The number of carbonyl (C=O) groups is 3. The molecule has 0 radical (unpaired) electrons. The molecule has 0 saturated carbocycles. The highest BCUT2D eigenvalue weighted by Crippen LogP contribution is 2.66. The van der Waals surface area contributed by atoms with Crippen molar-refractivity contribution in [2.24, 2.45) is 11.8 Å². The first-order valence-corrected chi connectivity index (χ1v) is 14.7. The average molecular weight is 539 g/mol. The van der Waals surface area contributed by atoms with E-state index in [-0.39, 0.29) is 24.4 Å². The number of benzene rings is 1. The van der Waals surface area contributed by atoms with Gasteiger partial charge in [-0.3, -0.25) is 14.4 Å². The maximum atomic E-state index is 14.5. The van der Waals surface area contributed by atoms with Crippen LogP contribution >= 0.6 is 11.8 Å². The Balaban J connectivity index is 1.65. The van der Waals surface area contributed by atoms with E-state index in [1.165, 1.54) is 0 Å². The van der Waals surface area contributed by atoms with Crippen molar-refractivity contribution in [1.82, 2.24) is 9.80 Å². The Morgan fingerprint density at radius 1 is 1.08 bits per heavy atom. The van der Waals surface area contributed by atoms with Gasteiger partial charge in [0.2, 0.25) is 11.8 Å². The molecule has 204 valence electrons. The minimum atomic E-state index is -0.947. The monoisotopic (exact) mass is 538 g/mol. The SMILES string of the molecule is CCCCCN1CC=C[C@]23S[C@@]4(C)/C=C\CCCOC(=O)[C@H]4[C@H]2C(=O)N([C@H](CO)c2ccccc2)C3C1=O. The van der Waals surface area contributed by atoms with Gasteiger partial charge in [-0.05, 0) is 31.7 Å². The van der Waals surface area contributed by atoms with Crippen LogP contribution in [-0.4, -0.2) is 74.5 Å². The third-order valence-corrected chi connectivity index (χ3v) is 10.3. The summed E-state index contributed by atoms with van der Waals surface area (Å²) < 4.78 is 4.05. The van der Waals surface area contributed by atoms with E-state index in [0.29, 0.717) is 19.7 Å². The largest absolute Gasteiger partial charge is 0.465 e. The Morgan fingerprint density at radius 2 is 1.87 bits per heavy atom. The zero-order chi connectivity index (χ0) is 26.9. The zero-order valence-corrected chi connectivity index (χ0v) is 23.1. The Morgan fingerprint density at radius 3 is 2.61 bits per heavy atom. The molecule has 4 heterocycles. The van der Waals surface area contributed by atoms with Crippen molar-refractivity contribution in [1.29, 1.82) is 0 Å². The number of cyclic esters (lactones) is 1. The summed E-state index contributed by atoms with van der Waals surface area (Å²) in [5.41, 5.74) is 0.765. The number of aliphatic hydroxyl groups excluding tert-OH is 1. The smallest absolute Gasteiger partial charge is 0.311 e. The number of fused-ring (bicyclic) bond motifs is 2. The van der Waals surface area contributed by atoms with Gasteiger partial charge in [-0.15, -0.1) is 11.8 Å². The lowest BCUT2D eigenvalue weighted by molar-refractivity contribution is -0.154. The summed E-state index contributed by atoms with van der Waals surface area (Å²) in [5.74, 6) is -2.27. The number of ether oxygens (including phenoxy) is 1. The lowest BCUT2D eigenvalue weighted by Crippen LogP contribution is -2.54. The first-order chi connectivity index (χ1) is 18.4. The van der Waals surface area contributed by atoms with E-state index in [9.17, 15) is 19.5 Å². The molecule has 1 aromatic rings. The van der Waals surface area contributed by atoms with E-state index in [1.807, 2.05) is 54.3 Å². The van der Waals surface area contributed by atoms with Crippen molar-refractivity contribution in [2.45, 2.75) is 67.5 Å². The van der Waals surface area contributed by atoms with Crippen LogP contribution in [0.1, 0.15) is 57.6 Å². The Kier molecular flexibility index (Phi) is 7.74. The van der Waals surface area contributed by atoms with Gasteiger partial charge in [0.25, 0.3) is 0 Å². The fourth-order valence-electron chi connectivity index (χ4n) is 6.74. The van der Waals surface area contributed by atoms with Gasteiger partial charge in [0.15, 0.2) is 0 Å². The van der Waals surface area contributed by atoms with Gasteiger partial charge < -0.3 is 19.6 Å². The molecule has 6 atom stereocenters. The second-order valence-corrected chi connectivity index (χ2v) is 12.7. The van der Waals surface area contributed by atoms with Gasteiger partial charge in [0, 0.05) is 17.8 Å². The predicted molar refractivity (Wildman–Crippen MR) is 147 cm³/mol. The summed E-state index contributed by atoms with van der Waals surface area (Å²) in [4.78, 5) is 46.0. The molecule has 4 aliphatic rings. The summed E-state index contributed by atoms with van der Waals surface area (Å²) in [6.45, 7) is 5.19. The van der Waals surface area contributed by atoms with Crippen molar-refractivity contribution in [3.63, 3.8) is 0 Å². The number of carbonyl (C=O) groups excluding carboxylic acids is 3. The molecule has 1 aromatic carbocycles. The number of amides is 2. The first kappa shape index (κ1) is 27.0. The third kappa shape index (κ3) is 4.39. The molecule has 0 bridgehead atoms. The van der Waals surface area contributed by atoms with E-state index >= 15 is 0 Å². The maximum absolute atomic E-state index is 14.5. The molecule has 8 heteroatoms. The van der Waals surface area contributed by atoms with Crippen LogP contribution in [-0.2, 0) is 19.1 Å². The molecule has 7 nitrogen and oxygen atoms in total. The molecule has 2 fully saturated rings. The first-order valence-electron chi connectivity index (χ1n) is 13.9. The van der Waals surface area contributed by atoms with E-state index in [4.69, 9.17) is 4.74 Å². The number of hydrogen-bond donors (Lipinski definition) is 1. The topological polar surface area (TPSA) is 87.2 Å².